The molecule has 0 saturated heterocycles. The molecule has 0 radical (unpaired) electrons. The topological polar surface area (TPSA) is 58.4 Å². The van der Waals surface area contributed by atoms with Gasteiger partial charge in [-0.05, 0) is 19.4 Å². The molecule has 0 aromatic heterocycles. The molecule has 0 heterocycles. The van der Waals surface area contributed by atoms with Crippen LogP contribution in [0.25, 0.3) is 0 Å². The summed E-state index contributed by atoms with van der Waals surface area (Å²) in [7, 11) is 0. The SMILES string of the molecule is CC(C)NC(=O)CN(CCN)Cc1ccccc1. The van der Waals surface area contributed by atoms with E-state index in [0.717, 1.165) is 13.1 Å². The fourth-order valence-electron chi connectivity index (χ4n) is 1.81. The van der Waals surface area contributed by atoms with Crippen LogP contribution in [-0.4, -0.2) is 36.5 Å². The minimum Gasteiger partial charge on any atom is -0.353 e. The van der Waals surface area contributed by atoms with Gasteiger partial charge in [0.15, 0.2) is 0 Å². The van der Waals surface area contributed by atoms with E-state index >= 15 is 0 Å². The first-order chi connectivity index (χ1) is 8.61. The molecule has 1 rings (SSSR count). The van der Waals surface area contributed by atoms with Crippen molar-refractivity contribution in [2.45, 2.75) is 26.4 Å². The van der Waals surface area contributed by atoms with Crippen LogP contribution in [-0.2, 0) is 11.3 Å². The Kier molecular flexibility index (Phi) is 6.39. The van der Waals surface area contributed by atoms with Crippen molar-refractivity contribution in [3.63, 3.8) is 0 Å². The molecule has 0 aliphatic carbocycles. The second-order valence-electron chi connectivity index (χ2n) is 4.71. The Labute approximate surface area is 109 Å². The summed E-state index contributed by atoms with van der Waals surface area (Å²) < 4.78 is 0. The van der Waals surface area contributed by atoms with Gasteiger partial charge in [-0.25, -0.2) is 0 Å². The van der Waals surface area contributed by atoms with Crippen molar-refractivity contribution in [2.24, 2.45) is 5.73 Å². The molecule has 4 heteroatoms. The van der Waals surface area contributed by atoms with Crippen LogP contribution in [0, 0.1) is 0 Å². The first kappa shape index (κ1) is 14.7. The number of nitrogens with zero attached hydrogens (tertiary/aromatic N) is 1. The summed E-state index contributed by atoms with van der Waals surface area (Å²) in [5, 5.41) is 2.90. The number of hydrogen-bond donors (Lipinski definition) is 2. The molecule has 0 aliphatic rings. The Hall–Kier alpha value is -1.39. The van der Waals surface area contributed by atoms with Gasteiger partial charge in [0.25, 0.3) is 0 Å². The number of nitrogens with one attached hydrogen (secondary N) is 1. The molecule has 1 amide bonds. The molecule has 0 atom stereocenters. The summed E-state index contributed by atoms with van der Waals surface area (Å²) in [6.45, 7) is 6.35. The molecule has 0 bridgehead atoms. The first-order valence-corrected chi connectivity index (χ1v) is 6.37. The monoisotopic (exact) mass is 249 g/mol. The highest BCUT2D eigenvalue weighted by atomic mass is 16.2. The predicted octanol–water partition coefficient (Wildman–Crippen LogP) is 0.972. The van der Waals surface area contributed by atoms with Gasteiger partial charge in [-0.3, -0.25) is 9.69 Å². The minimum atomic E-state index is 0.0504. The van der Waals surface area contributed by atoms with Gasteiger partial charge in [-0.2, -0.15) is 0 Å². The van der Waals surface area contributed by atoms with Crippen LogP contribution in [0.5, 0.6) is 0 Å². The largest absolute Gasteiger partial charge is 0.353 e. The van der Waals surface area contributed by atoms with Crippen molar-refractivity contribution in [3.8, 4) is 0 Å². The number of carbonyl (C=O) groups is 1. The maximum atomic E-state index is 11.7. The summed E-state index contributed by atoms with van der Waals surface area (Å²) in [5.41, 5.74) is 6.78. The van der Waals surface area contributed by atoms with Crippen LogP contribution in [0.1, 0.15) is 19.4 Å². The fraction of sp³-hybridized carbons (Fsp3) is 0.500. The second-order valence-corrected chi connectivity index (χ2v) is 4.71. The lowest BCUT2D eigenvalue weighted by Gasteiger charge is -2.21. The average Bonchev–Trinajstić information content (AvgIpc) is 2.29. The number of rotatable bonds is 7. The molecule has 0 fully saturated rings. The molecule has 0 aliphatic heterocycles. The van der Waals surface area contributed by atoms with E-state index in [0.29, 0.717) is 13.1 Å². The zero-order valence-corrected chi connectivity index (χ0v) is 11.2. The molecule has 3 N–H and O–H groups in total. The third-order valence-electron chi connectivity index (χ3n) is 2.51. The van der Waals surface area contributed by atoms with Gasteiger partial charge in [-0.1, -0.05) is 30.3 Å². The van der Waals surface area contributed by atoms with Gasteiger partial charge in [0.1, 0.15) is 0 Å². The smallest absolute Gasteiger partial charge is 0.234 e. The molecular weight excluding hydrogens is 226 g/mol. The number of nitrogens with two attached hydrogens (primary N) is 1. The third kappa shape index (κ3) is 5.80. The Bertz CT molecular complexity index is 351. The van der Waals surface area contributed by atoms with Crippen LogP contribution < -0.4 is 11.1 Å². The summed E-state index contributed by atoms with van der Waals surface area (Å²) >= 11 is 0. The summed E-state index contributed by atoms with van der Waals surface area (Å²) in [6, 6.07) is 10.3. The van der Waals surface area contributed by atoms with Crippen molar-refractivity contribution in [2.75, 3.05) is 19.6 Å². The Morgan fingerprint density at radius 3 is 2.56 bits per heavy atom. The molecule has 0 unspecified atom stereocenters. The summed E-state index contributed by atoms with van der Waals surface area (Å²) in [5.74, 6) is 0.0504. The van der Waals surface area contributed by atoms with Crippen LogP contribution in [0.4, 0.5) is 0 Å². The van der Waals surface area contributed by atoms with E-state index in [1.807, 2.05) is 32.0 Å². The fourth-order valence-corrected chi connectivity index (χ4v) is 1.81. The maximum Gasteiger partial charge on any atom is 0.234 e. The van der Waals surface area contributed by atoms with E-state index < -0.39 is 0 Å². The number of hydrogen-bond acceptors (Lipinski definition) is 3. The van der Waals surface area contributed by atoms with Crippen molar-refractivity contribution in [1.82, 2.24) is 10.2 Å². The predicted molar refractivity (Wildman–Crippen MR) is 74.1 cm³/mol. The lowest BCUT2D eigenvalue weighted by molar-refractivity contribution is -0.122. The van der Waals surface area contributed by atoms with Crippen LogP contribution in [0.15, 0.2) is 30.3 Å². The first-order valence-electron chi connectivity index (χ1n) is 6.37. The van der Waals surface area contributed by atoms with Gasteiger partial charge < -0.3 is 11.1 Å². The standard InChI is InChI=1S/C14H23N3O/c1-12(2)16-14(18)11-17(9-8-15)10-13-6-4-3-5-7-13/h3-7,12H,8-11,15H2,1-2H3,(H,16,18). The highest BCUT2D eigenvalue weighted by molar-refractivity contribution is 5.78. The zero-order chi connectivity index (χ0) is 13.4. The normalized spacial score (nSPS) is 10.9. The van der Waals surface area contributed by atoms with Crippen molar-refractivity contribution in [1.29, 1.82) is 0 Å². The lowest BCUT2D eigenvalue weighted by Crippen LogP contribution is -2.41. The zero-order valence-electron chi connectivity index (χ0n) is 11.2. The van der Waals surface area contributed by atoms with Crippen LogP contribution in [0.2, 0.25) is 0 Å². The van der Waals surface area contributed by atoms with Crippen LogP contribution in [0.3, 0.4) is 0 Å². The second kappa shape index (κ2) is 7.84. The molecule has 0 saturated carbocycles. The maximum absolute atomic E-state index is 11.7. The van der Waals surface area contributed by atoms with Gasteiger partial charge in [0, 0.05) is 25.7 Å². The van der Waals surface area contributed by atoms with E-state index in [1.165, 1.54) is 5.56 Å². The summed E-state index contributed by atoms with van der Waals surface area (Å²) in [4.78, 5) is 13.8. The Balaban J connectivity index is 2.52. The van der Waals surface area contributed by atoms with E-state index in [2.05, 4.69) is 22.3 Å². The average molecular weight is 249 g/mol. The van der Waals surface area contributed by atoms with E-state index in [9.17, 15) is 4.79 Å². The number of benzene rings is 1. The van der Waals surface area contributed by atoms with Crippen molar-refractivity contribution >= 4 is 5.91 Å². The number of amides is 1. The quantitative estimate of drug-likeness (QED) is 0.757. The number of carbonyl (C=O) groups excluding carboxylic acids is 1. The highest BCUT2D eigenvalue weighted by Gasteiger charge is 2.11. The van der Waals surface area contributed by atoms with Crippen molar-refractivity contribution in [3.05, 3.63) is 35.9 Å². The van der Waals surface area contributed by atoms with Gasteiger partial charge in [-0.15, -0.1) is 0 Å². The van der Waals surface area contributed by atoms with Gasteiger partial charge >= 0.3 is 0 Å². The van der Waals surface area contributed by atoms with Crippen molar-refractivity contribution < 1.29 is 4.79 Å². The van der Waals surface area contributed by atoms with Crippen LogP contribution >= 0.6 is 0 Å². The molecule has 100 valence electrons. The highest BCUT2D eigenvalue weighted by Crippen LogP contribution is 2.03. The molecule has 0 spiro atoms. The molecule has 4 nitrogen and oxygen atoms in total. The third-order valence-corrected chi connectivity index (χ3v) is 2.51. The lowest BCUT2D eigenvalue weighted by atomic mass is 10.2. The Morgan fingerprint density at radius 1 is 1.33 bits per heavy atom. The summed E-state index contributed by atoms with van der Waals surface area (Å²) in [6.07, 6.45) is 0. The van der Waals surface area contributed by atoms with Gasteiger partial charge in [0.2, 0.25) is 5.91 Å². The van der Waals surface area contributed by atoms with E-state index in [4.69, 9.17) is 5.73 Å². The molecule has 1 aromatic rings. The van der Waals surface area contributed by atoms with Gasteiger partial charge in [0.05, 0.1) is 6.54 Å². The minimum absolute atomic E-state index is 0.0504. The molecule has 18 heavy (non-hydrogen) atoms. The van der Waals surface area contributed by atoms with E-state index in [-0.39, 0.29) is 11.9 Å². The molecular formula is C14H23N3O. The molecule has 1 aromatic carbocycles. The van der Waals surface area contributed by atoms with E-state index in [1.54, 1.807) is 0 Å². The Morgan fingerprint density at radius 2 is 2.00 bits per heavy atom.